The summed E-state index contributed by atoms with van der Waals surface area (Å²) in [6, 6.07) is 0. The van der Waals surface area contributed by atoms with Crippen molar-refractivity contribution in [3.05, 3.63) is 0 Å². The second kappa shape index (κ2) is 1.52. The molecule has 0 amide bonds. The lowest BCUT2D eigenvalue weighted by Gasteiger charge is -2.15. The Morgan fingerprint density at radius 2 is 2.20 bits per heavy atom. The minimum absolute atomic E-state index is 0.492. The molecule has 0 aromatic heterocycles. The maximum Gasteiger partial charge on any atom is 0.282 e. The van der Waals surface area contributed by atoms with Gasteiger partial charge in [-0.05, 0) is 19.8 Å². The third-order valence-electron chi connectivity index (χ3n) is 2.72. The predicted octanol–water partition coefficient (Wildman–Crippen LogP) is 1.82. The predicted molar refractivity (Wildman–Crippen MR) is 32.0 cm³/mol. The molecule has 1 saturated heterocycles. The molecule has 58 valence electrons. The van der Waals surface area contributed by atoms with Gasteiger partial charge < -0.3 is 4.74 Å². The molecule has 0 bridgehead atoms. The highest BCUT2D eigenvalue weighted by Crippen LogP contribution is 2.64. The second-order valence-corrected chi connectivity index (χ2v) is 3.27. The maximum absolute atomic E-state index is 12.8. The van der Waals surface area contributed by atoms with E-state index in [2.05, 4.69) is 0 Å². The lowest BCUT2D eigenvalue weighted by molar-refractivity contribution is -0.0486. The van der Waals surface area contributed by atoms with Gasteiger partial charge in [0.1, 0.15) is 5.60 Å². The number of hydrogen-bond donors (Lipinski definition) is 0. The fraction of sp³-hybridized carbons (Fsp3) is 1.00. The summed E-state index contributed by atoms with van der Waals surface area (Å²) in [4.78, 5) is 0. The lowest BCUT2D eigenvalue weighted by atomic mass is 10.1. The van der Waals surface area contributed by atoms with Crippen molar-refractivity contribution in [2.75, 3.05) is 6.61 Å². The summed E-state index contributed by atoms with van der Waals surface area (Å²) in [5.74, 6) is -3.03. The molecule has 0 spiro atoms. The van der Waals surface area contributed by atoms with E-state index in [4.69, 9.17) is 4.74 Å². The Morgan fingerprint density at radius 3 is 2.60 bits per heavy atom. The van der Waals surface area contributed by atoms with Gasteiger partial charge in [-0.1, -0.05) is 0 Å². The Kier molecular flexibility index (Phi) is 0.994. The maximum atomic E-state index is 12.8. The van der Waals surface area contributed by atoms with Crippen LogP contribution in [0.1, 0.15) is 19.8 Å². The van der Waals surface area contributed by atoms with Crippen molar-refractivity contribution in [1.29, 1.82) is 0 Å². The summed E-state index contributed by atoms with van der Waals surface area (Å²) < 4.78 is 30.5. The van der Waals surface area contributed by atoms with Gasteiger partial charge in [0, 0.05) is 6.61 Å². The molecule has 0 aromatic carbocycles. The second-order valence-electron chi connectivity index (χ2n) is 3.27. The van der Waals surface area contributed by atoms with Crippen LogP contribution in [0.25, 0.3) is 0 Å². The number of alkyl halides is 2. The van der Waals surface area contributed by atoms with Gasteiger partial charge in [-0.3, -0.25) is 0 Å². The van der Waals surface area contributed by atoms with Crippen LogP contribution in [0.2, 0.25) is 0 Å². The molecule has 1 unspecified atom stereocenters. The molecule has 1 nitrogen and oxygen atoms in total. The quantitative estimate of drug-likeness (QED) is 0.509. The lowest BCUT2D eigenvalue weighted by Crippen LogP contribution is -2.21. The van der Waals surface area contributed by atoms with Gasteiger partial charge in [-0.15, -0.1) is 0 Å². The van der Waals surface area contributed by atoms with Gasteiger partial charge in [-0.2, -0.15) is 0 Å². The van der Waals surface area contributed by atoms with Crippen molar-refractivity contribution in [3.63, 3.8) is 0 Å². The van der Waals surface area contributed by atoms with Crippen LogP contribution in [0.4, 0.5) is 8.78 Å². The Labute approximate surface area is 58.4 Å². The molecule has 1 aliphatic heterocycles. The number of rotatable bonds is 0. The van der Waals surface area contributed by atoms with E-state index in [-0.39, 0.29) is 0 Å². The van der Waals surface area contributed by atoms with E-state index in [0.717, 1.165) is 6.42 Å². The van der Waals surface area contributed by atoms with Crippen LogP contribution in [-0.2, 0) is 4.74 Å². The molecular weight excluding hydrogens is 138 g/mol. The summed E-state index contributed by atoms with van der Waals surface area (Å²) in [5, 5.41) is 0. The summed E-state index contributed by atoms with van der Waals surface area (Å²) in [6.07, 6.45) is 1.42. The van der Waals surface area contributed by atoms with Crippen LogP contribution in [0.5, 0.6) is 0 Å². The molecule has 10 heavy (non-hydrogen) atoms. The van der Waals surface area contributed by atoms with Crippen molar-refractivity contribution in [1.82, 2.24) is 0 Å². The van der Waals surface area contributed by atoms with Crippen LogP contribution in [0, 0.1) is 5.92 Å². The molecular formula is C7H10F2O. The minimum atomic E-state index is -2.54. The number of ether oxygens (including phenoxy) is 1. The molecule has 2 aliphatic rings. The highest BCUT2D eigenvalue weighted by molar-refractivity contribution is 5.19. The SMILES string of the molecule is C[C@@]12OCCCC1C2(F)F. The number of fused-ring (bicyclic) bond motifs is 1. The zero-order chi connectivity index (χ0) is 7.41. The van der Waals surface area contributed by atoms with Gasteiger partial charge in [-0.25, -0.2) is 8.78 Å². The van der Waals surface area contributed by atoms with E-state index in [9.17, 15) is 8.78 Å². The molecule has 1 saturated carbocycles. The first kappa shape index (κ1) is 6.53. The topological polar surface area (TPSA) is 9.23 Å². The van der Waals surface area contributed by atoms with E-state index in [1.54, 1.807) is 0 Å². The van der Waals surface area contributed by atoms with Gasteiger partial charge in [0.2, 0.25) is 0 Å². The first-order chi connectivity index (χ1) is 4.59. The zero-order valence-corrected chi connectivity index (χ0v) is 5.86. The Bertz CT molecular complexity index is 169. The molecule has 3 heteroatoms. The highest BCUT2D eigenvalue weighted by atomic mass is 19.3. The third kappa shape index (κ3) is 0.506. The van der Waals surface area contributed by atoms with Crippen LogP contribution < -0.4 is 0 Å². The van der Waals surface area contributed by atoms with Crippen molar-refractivity contribution >= 4 is 0 Å². The molecule has 0 aromatic rings. The molecule has 2 atom stereocenters. The third-order valence-corrected chi connectivity index (χ3v) is 2.72. The summed E-state index contributed by atoms with van der Waals surface area (Å²) >= 11 is 0. The Hall–Kier alpha value is -0.180. The standard InChI is InChI=1S/C7H10F2O/c1-6-5(7(6,8)9)3-2-4-10-6/h5H,2-4H2,1H3/t5?,6-/m1/s1. The van der Waals surface area contributed by atoms with E-state index < -0.39 is 17.4 Å². The van der Waals surface area contributed by atoms with Crippen molar-refractivity contribution in [3.8, 4) is 0 Å². The fourth-order valence-corrected chi connectivity index (χ4v) is 1.81. The number of halogens is 2. The Balaban J connectivity index is 2.20. The summed E-state index contributed by atoms with van der Waals surface area (Å²) in [6.45, 7) is 2.01. The van der Waals surface area contributed by atoms with Gasteiger partial charge in [0.15, 0.2) is 0 Å². The summed E-state index contributed by atoms with van der Waals surface area (Å²) in [5.41, 5.74) is -1.09. The fourth-order valence-electron chi connectivity index (χ4n) is 1.81. The monoisotopic (exact) mass is 148 g/mol. The van der Waals surface area contributed by atoms with Crippen molar-refractivity contribution < 1.29 is 13.5 Å². The van der Waals surface area contributed by atoms with Gasteiger partial charge >= 0.3 is 0 Å². The first-order valence-corrected chi connectivity index (χ1v) is 3.61. The van der Waals surface area contributed by atoms with E-state index in [0.29, 0.717) is 13.0 Å². The normalized spacial score (nSPS) is 50.1. The van der Waals surface area contributed by atoms with Crippen molar-refractivity contribution in [2.24, 2.45) is 5.92 Å². The number of hydrogen-bond acceptors (Lipinski definition) is 1. The molecule has 1 aliphatic carbocycles. The van der Waals surface area contributed by atoms with Crippen LogP contribution in [0.3, 0.4) is 0 Å². The van der Waals surface area contributed by atoms with Gasteiger partial charge in [0.05, 0.1) is 5.92 Å². The largest absolute Gasteiger partial charge is 0.368 e. The molecule has 1 heterocycles. The highest BCUT2D eigenvalue weighted by Gasteiger charge is 2.79. The van der Waals surface area contributed by atoms with Crippen LogP contribution >= 0.6 is 0 Å². The minimum Gasteiger partial charge on any atom is -0.368 e. The summed E-state index contributed by atoms with van der Waals surface area (Å²) in [7, 11) is 0. The first-order valence-electron chi connectivity index (χ1n) is 3.61. The van der Waals surface area contributed by atoms with Crippen molar-refractivity contribution in [2.45, 2.75) is 31.3 Å². The Morgan fingerprint density at radius 1 is 1.50 bits per heavy atom. The average molecular weight is 148 g/mol. The van der Waals surface area contributed by atoms with E-state index in [1.807, 2.05) is 0 Å². The smallest absolute Gasteiger partial charge is 0.282 e. The van der Waals surface area contributed by atoms with E-state index in [1.165, 1.54) is 6.92 Å². The molecule has 0 N–H and O–H groups in total. The van der Waals surface area contributed by atoms with Crippen LogP contribution in [0.15, 0.2) is 0 Å². The van der Waals surface area contributed by atoms with E-state index >= 15 is 0 Å². The zero-order valence-electron chi connectivity index (χ0n) is 5.86. The van der Waals surface area contributed by atoms with Gasteiger partial charge in [0.25, 0.3) is 5.92 Å². The van der Waals surface area contributed by atoms with Crippen LogP contribution in [-0.4, -0.2) is 18.1 Å². The average Bonchev–Trinajstić information content (AvgIpc) is 2.30. The molecule has 2 rings (SSSR count). The molecule has 2 fully saturated rings. The molecule has 0 radical (unpaired) electrons.